The molecule has 0 spiro atoms. The van der Waals surface area contributed by atoms with E-state index in [2.05, 4.69) is 10.2 Å². The summed E-state index contributed by atoms with van der Waals surface area (Å²) in [5.74, 6) is -14.5. The summed E-state index contributed by atoms with van der Waals surface area (Å²) in [5.41, 5.74) is -1.68. The molecule has 1 aliphatic heterocycles. The molecule has 8 heteroatoms. The second-order valence-electron chi connectivity index (χ2n) is 2.73. The van der Waals surface area contributed by atoms with Crippen LogP contribution >= 0.6 is 0 Å². The number of alkyl halides is 1. The maximum absolute atomic E-state index is 13.0. The van der Waals surface area contributed by atoms with Gasteiger partial charge in [0.1, 0.15) is 5.56 Å². The van der Waals surface area contributed by atoms with Crippen LogP contribution in [0.4, 0.5) is 26.3 Å². The molecule has 0 bridgehead atoms. The van der Waals surface area contributed by atoms with Crippen molar-refractivity contribution < 1.29 is 26.3 Å². The topological polar surface area (TPSA) is 24.7 Å². The minimum Gasteiger partial charge on any atom is -0.203 e. The summed E-state index contributed by atoms with van der Waals surface area (Å²) >= 11 is 0. The van der Waals surface area contributed by atoms with Gasteiger partial charge in [0.25, 0.3) is 0 Å². The van der Waals surface area contributed by atoms with Crippen molar-refractivity contribution in [3.8, 4) is 0 Å². The highest BCUT2D eigenvalue weighted by molar-refractivity contribution is 5.30. The van der Waals surface area contributed by atoms with Gasteiger partial charge in [-0.15, -0.1) is 10.2 Å². The van der Waals surface area contributed by atoms with Gasteiger partial charge in [0.2, 0.25) is 5.82 Å². The summed E-state index contributed by atoms with van der Waals surface area (Å²) < 4.78 is 76.3. The van der Waals surface area contributed by atoms with Crippen LogP contribution in [0.25, 0.3) is 0 Å². The van der Waals surface area contributed by atoms with Crippen molar-refractivity contribution >= 4 is 0 Å². The Morgan fingerprint density at radius 1 is 0.667 bits per heavy atom. The lowest BCUT2D eigenvalue weighted by Crippen LogP contribution is -2.13. The molecule has 0 aromatic heterocycles. The number of benzene rings is 1. The minimum atomic E-state index is -3.15. The Labute approximate surface area is 78.2 Å². The molecule has 1 aromatic rings. The number of rotatable bonds is 1. The molecule has 0 saturated heterocycles. The first kappa shape index (κ1) is 9.94. The van der Waals surface area contributed by atoms with Gasteiger partial charge in [0, 0.05) is 0 Å². The Hall–Kier alpha value is -1.60. The molecule has 2 nitrogen and oxygen atoms in total. The molecule has 0 atom stereocenters. The van der Waals surface area contributed by atoms with E-state index in [0.717, 1.165) is 0 Å². The fourth-order valence-electron chi connectivity index (χ4n) is 1.03. The fourth-order valence-corrected chi connectivity index (χ4v) is 1.03. The van der Waals surface area contributed by atoms with E-state index < -0.39 is 40.6 Å². The van der Waals surface area contributed by atoms with E-state index in [-0.39, 0.29) is 0 Å². The lowest BCUT2D eigenvalue weighted by molar-refractivity contribution is 0.254. The van der Waals surface area contributed by atoms with Crippen LogP contribution in [0.5, 0.6) is 0 Å². The zero-order valence-electron chi connectivity index (χ0n) is 6.66. The van der Waals surface area contributed by atoms with Crippen LogP contribution in [0.2, 0.25) is 0 Å². The van der Waals surface area contributed by atoms with Crippen LogP contribution in [0, 0.1) is 29.1 Å². The van der Waals surface area contributed by atoms with Crippen molar-refractivity contribution in [2.24, 2.45) is 10.2 Å². The molecular weight excluding hydrogens is 226 g/mol. The Balaban J connectivity index is 2.75. The van der Waals surface area contributed by atoms with E-state index in [1.807, 2.05) is 0 Å². The zero-order valence-corrected chi connectivity index (χ0v) is 6.66. The van der Waals surface area contributed by atoms with Crippen molar-refractivity contribution in [3.05, 3.63) is 34.6 Å². The predicted molar refractivity (Wildman–Crippen MR) is 33.9 cm³/mol. The maximum Gasteiger partial charge on any atom is 0.360 e. The lowest BCUT2D eigenvalue weighted by Gasteiger charge is -2.07. The molecule has 0 amide bonds. The van der Waals surface area contributed by atoms with E-state index >= 15 is 0 Å². The predicted octanol–water partition coefficient (Wildman–Crippen LogP) is 2.93. The third-order valence-corrected chi connectivity index (χ3v) is 1.80. The van der Waals surface area contributed by atoms with Gasteiger partial charge in [-0.3, -0.25) is 0 Å². The molecule has 0 radical (unpaired) electrons. The van der Waals surface area contributed by atoms with Crippen LogP contribution in [-0.4, -0.2) is 0 Å². The summed E-state index contributed by atoms with van der Waals surface area (Å²) in [5, 5.41) is 5.12. The quantitative estimate of drug-likeness (QED) is 0.304. The zero-order chi connectivity index (χ0) is 11.4. The molecule has 0 fully saturated rings. The molecule has 1 aromatic carbocycles. The van der Waals surface area contributed by atoms with Gasteiger partial charge in [0.05, 0.1) is 0 Å². The molecule has 15 heavy (non-hydrogen) atoms. The van der Waals surface area contributed by atoms with E-state index in [1.54, 1.807) is 0 Å². The second-order valence-corrected chi connectivity index (χ2v) is 2.73. The molecule has 2 rings (SSSR count). The van der Waals surface area contributed by atoms with Crippen molar-refractivity contribution in [2.75, 3.05) is 0 Å². The van der Waals surface area contributed by atoms with Gasteiger partial charge >= 0.3 is 5.92 Å². The summed E-state index contributed by atoms with van der Waals surface area (Å²) in [4.78, 5) is 0. The number of halogens is 6. The number of hydrogen-bond acceptors (Lipinski definition) is 2. The normalized spacial score (nSPS) is 16.9. The van der Waals surface area contributed by atoms with Crippen LogP contribution in [0.1, 0.15) is 5.56 Å². The SMILES string of the molecule is Fc1c(F)c(F)c(C2(F)N=N2)c(F)c1F. The monoisotopic (exact) mass is 226 g/mol. The van der Waals surface area contributed by atoms with Crippen molar-refractivity contribution in [1.29, 1.82) is 0 Å². The summed E-state index contributed by atoms with van der Waals surface area (Å²) in [7, 11) is 0. The molecular formula is C7F6N2. The Morgan fingerprint density at radius 2 is 1.00 bits per heavy atom. The Morgan fingerprint density at radius 3 is 1.33 bits per heavy atom. The Kier molecular flexibility index (Phi) is 1.79. The van der Waals surface area contributed by atoms with Gasteiger partial charge in [-0.05, 0) is 0 Å². The third kappa shape index (κ3) is 1.20. The highest BCUT2D eigenvalue weighted by Gasteiger charge is 2.50. The van der Waals surface area contributed by atoms with Crippen molar-refractivity contribution in [1.82, 2.24) is 0 Å². The average molecular weight is 226 g/mol. The van der Waals surface area contributed by atoms with E-state index in [9.17, 15) is 26.3 Å². The van der Waals surface area contributed by atoms with Gasteiger partial charge in [-0.1, -0.05) is 0 Å². The van der Waals surface area contributed by atoms with E-state index in [4.69, 9.17) is 0 Å². The molecule has 0 aliphatic carbocycles. The molecule has 0 unspecified atom stereocenters. The van der Waals surface area contributed by atoms with Crippen molar-refractivity contribution in [2.45, 2.75) is 5.92 Å². The van der Waals surface area contributed by atoms with Gasteiger partial charge in [-0.2, -0.15) is 4.39 Å². The molecule has 0 N–H and O–H groups in total. The van der Waals surface area contributed by atoms with Gasteiger partial charge < -0.3 is 0 Å². The summed E-state index contributed by atoms with van der Waals surface area (Å²) in [6, 6.07) is 0. The van der Waals surface area contributed by atoms with Crippen LogP contribution in [0.15, 0.2) is 10.2 Å². The van der Waals surface area contributed by atoms with Crippen LogP contribution < -0.4 is 0 Å². The minimum absolute atomic E-state index is 1.68. The van der Waals surface area contributed by atoms with E-state index in [1.165, 1.54) is 0 Å². The third-order valence-electron chi connectivity index (χ3n) is 1.80. The van der Waals surface area contributed by atoms with E-state index in [0.29, 0.717) is 0 Å². The van der Waals surface area contributed by atoms with Crippen molar-refractivity contribution in [3.63, 3.8) is 0 Å². The fraction of sp³-hybridized carbons (Fsp3) is 0.143. The number of hydrogen-bond donors (Lipinski definition) is 0. The first-order valence-electron chi connectivity index (χ1n) is 3.53. The summed E-state index contributed by atoms with van der Waals surface area (Å²) in [6.45, 7) is 0. The maximum atomic E-state index is 13.0. The number of nitrogens with zero attached hydrogens (tertiary/aromatic N) is 2. The Bertz CT molecular complexity index is 448. The molecule has 1 aliphatic rings. The molecule has 1 heterocycles. The first-order chi connectivity index (χ1) is 6.88. The molecule has 0 saturated carbocycles. The average Bonchev–Trinajstić information content (AvgIpc) is 2.91. The highest BCUT2D eigenvalue weighted by atomic mass is 19.2. The standard InChI is InChI=1S/C7F6N2/c8-2-1(7(13)14-15-7)3(9)5(11)6(12)4(2)10. The molecule has 80 valence electrons. The summed E-state index contributed by atoms with van der Waals surface area (Å²) in [6.07, 6.45) is 0. The smallest absolute Gasteiger partial charge is 0.203 e. The lowest BCUT2D eigenvalue weighted by atomic mass is 10.1. The van der Waals surface area contributed by atoms with Crippen LogP contribution in [-0.2, 0) is 5.92 Å². The van der Waals surface area contributed by atoms with Gasteiger partial charge in [-0.25, -0.2) is 22.0 Å². The van der Waals surface area contributed by atoms with Crippen LogP contribution in [0.3, 0.4) is 0 Å². The first-order valence-corrected chi connectivity index (χ1v) is 3.53. The second kappa shape index (κ2) is 2.71. The van der Waals surface area contributed by atoms with Gasteiger partial charge in [0.15, 0.2) is 23.3 Å². The highest BCUT2D eigenvalue weighted by Crippen LogP contribution is 2.44. The largest absolute Gasteiger partial charge is 0.360 e.